The second kappa shape index (κ2) is 4.45. The zero-order valence-corrected chi connectivity index (χ0v) is 10.5. The number of likely N-dealkylation sites (tertiary alicyclic amines) is 1. The molecule has 17 heavy (non-hydrogen) atoms. The summed E-state index contributed by atoms with van der Waals surface area (Å²) in [4.78, 5) is 26.6. The fraction of sp³-hybridized carbons (Fsp3) is 0.818. The van der Waals surface area contributed by atoms with Gasteiger partial charge in [-0.15, -0.1) is 0 Å². The molecular formula is C11H17FN2O3. The molecule has 1 rings (SSSR count). The predicted octanol–water partition coefficient (Wildman–Crippen LogP) is 1.67. The van der Waals surface area contributed by atoms with Crippen molar-refractivity contribution in [3.63, 3.8) is 0 Å². The van der Waals surface area contributed by atoms with Gasteiger partial charge in [-0.2, -0.15) is 4.99 Å². The third kappa shape index (κ3) is 3.03. The molecule has 0 saturated carbocycles. The minimum atomic E-state index is -1.30. The third-order valence-electron chi connectivity index (χ3n) is 2.59. The Morgan fingerprint density at radius 2 is 2.06 bits per heavy atom. The summed E-state index contributed by atoms with van der Waals surface area (Å²) in [6.45, 7) is 6.66. The molecule has 1 aliphatic rings. The maximum atomic E-state index is 13.3. The van der Waals surface area contributed by atoms with Crippen molar-refractivity contribution in [2.45, 2.75) is 45.0 Å². The maximum Gasteiger partial charge on any atom is 0.410 e. The molecule has 1 unspecified atom stereocenters. The lowest BCUT2D eigenvalue weighted by molar-refractivity contribution is -0.0230. The van der Waals surface area contributed by atoms with Crippen LogP contribution in [0, 0.1) is 0 Å². The Kier molecular flexibility index (Phi) is 3.57. The molecular weight excluding hydrogens is 227 g/mol. The van der Waals surface area contributed by atoms with Gasteiger partial charge in [-0.05, 0) is 27.7 Å². The largest absolute Gasteiger partial charge is 0.444 e. The van der Waals surface area contributed by atoms with Gasteiger partial charge in [0, 0.05) is 0 Å². The van der Waals surface area contributed by atoms with Gasteiger partial charge in [0.2, 0.25) is 6.08 Å². The van der Waals surface area contributed by atoms with Crippen LogP contribution in [-0.4, -0.2) is 47.5 Å². The molecule has 5 nitrogen and oxygen atoms in total. The highest BCUT2D eigenvalue weighted by molar-refractivity contribution is 5.70. The zero-order chi connectivity index (χ0) is 13.3. The monoisotopic (exact) mass is 244 g/mol. The van der Waals surface area contributed by atoms with E-state index in [9.17, 15) is 14.0 Å². The van der Waals surface area contributed by atoms with Crippen molar-refractivity contribution in [1.82, 2.24) is 4.90 Å². The molecule has 1 aliphatic heterocycles. The van der Waals surface area contributed by atoms with Crippen LogP contribution in [0.5, 0.6) is 0 Å². The first-order valence-corrected chi connectivity index (χ1v) is 5.41. The van der Waals surface area contributed by atoms with Gasteiger partial charge >= 0.3 is 6.09 Å². The lowest BCUT2D eigenvalue weighted by atomic mass is 9.86. The topological polar surface area (TPSA) is 59.0 Å². The average Bonchev–Trinajstić information content (AvgIpc) is 2.06. The van der Waals surface area contributed by atoms with Crippen LogP contribution in [0.4, 0.5) is 9.18 Å². The van der Waals surface area contributed by atoms with Crippen molar-refractivity contribution >= 4 is 12.2 Å². The van der Waals surface area contributed by atoms with Gasteiger partial charge in [0.15, 0.2) is 0 Å². The van der Waals surface area contributed by atoms with Crippen molar-refractivity contribution in [2.24, 2.45) is 4.99 Å². The van der Waals surface area contributed by atoms with Crippen molar-refractivity contribution < 1.29 is 18.7 Å². The minimum absolute atomic E-state index is 0.0504. The summed E-state index contributed by atoms with van der Waals surface area (Å²) in [5, 5.41) is 0. The smallest absolute Gasteiger partial charge is 0.410 e. The molecule has 1 saturated heterocycles. The van der Waals surface area contributed by atoms with E-state index in [-0.39, 0.29) is 13.1 Å². The Morgan fingerprint density at radius 1 is 1.53 bits per heavy atom. The summed E-state index contributed by atoms with van der Waals surface area (Å²) >= 11 is 0. The molecule has 1 atom stereocenters. The number of amides is 1. The van der Waals surface area contributed by atoms with E-state index in [0.29, 0.717) is 0 Å². The van der Waals surface area contributed by atoms with Crippen LogP contribution in [0.15, 0.2) is 4.99 Å². The summed E-state index contributed by atoms with van der Waals surface area (Å²) in [6.07, 6.45) is -0.466. The normalized spacial score (nSPS) is 19.9. The molecule has 96 valence electrons. The van der Waals surface area contributed by atoms with Gasteiger partial charge in [0.25, 0.3) is 0 Å². The third-order valence-corrected chi connectivity index (χ3v) is 2.59. The van der Waals surface area contributed by atoms with E-state index in [0.717, 1.165) is 0 Å². The van der Waals surface area contributed by atoms with Gasteiger partial charge < -0.3 is 9.64 Å². The number of isocyanates is 1. The van der Waals surface area contributed by atoms with Crippen LogP contribution in [0.2, 0.25) is 0 Å². The van der Waals surface area contributed by atoms with E-state index in [4.69, 9.17) is 4.74 Å². The van der Waals surface area contributed by atoms with Gasteiger partial charge in [0.1, 0.15) is 17.3 Å². The van der Waals surface area contributed by atoms with E-state index < -0.39 is 23.4 Å². The van der Waals surface area contributed by atoms with Crippen LogP contribution >= 0.6 is 0 Å². The lowest BCUT2D eigenvalue weighted by Gasteiger charge is -2.47. The van der Waals surface area contributed by atoms with E-state index in [1.165, 1.54) is 17.9 Å². The maximum absolute atomic E-state index is 13.3. The summed E-state index contributed by atoms with van der Waals surface area (Å²) in [7, 11) is 0. The molecule has 0 aliphatic carbocycles. The van der Waals surface area contributed by atoms with E-state index in [1.54, 1.807) is 20.8 Å². The van der Waals surface area contributed by atoms with Crippen molar-refractivity contribution in [3.8, 4) is 0 Å². The fourth-order valence-corrected chi connectivity index (χ4v) is 1.57. The van der Waals surface area contributed by atoms with Crippen LogP contribution in [0.3, 0.4) is 0 Å². The quantitative estimate of drug-likeness (QED) is 0.548. The molecule has 6 heteroatoms. The van der Waals surface area contributed by atoms with Crippen LogP contribution in [0.25, 0.3) is 0 Å². The zero-order valence-electron chi connectivity index (χ0n) is 10.5. The standard InChI is InChI=1S/C11H17FN2O3/c1-8(12)11(13-7-15)5-14(6-11)9(16)17-10(2,3)4/h8H,5-6H2,1-4H3. The van der Waals surface area contributed by atoms with Gasteiger partial charge in [0.05, 0.1) is 13.1 Å². The summed E-state index contributed by atoms with van der Waals surface area (Å²) < 4.78 is 18.4. The number of alkyl halides is 1. The Hall–Kier alpha value is -1.42. The second-order valence-electron chi connectivity index (χ2n) is 5.26. The summed E-state index contributed by atoms with van der Waals surface area (Å²) in [6, 6.07) is 0. The number of hydrogen-bond donors (Lipinski definition) is 0. The first-order valence-electron chi connectivity index (χ1n) is 5.41. The average molecular weight is 244 g/mol. The Labute approximate surface area is 99.6 Å². The highest BCUT2D eigenvalue weighted by atomic mass is 19.1. The van der Waals surface area contributed by atoms with E-state index >= 15 is 0 Å². The molecule has 0 N–H and O–H groups in total. The molecule has 0 spiro atoms. The molecule has 0 aromatic carbocycles. The predicted molar refractivity (Wildman–Crippen MR) is 59.2 cm³/mol. The highest BCUT2D eigenvalue weighted by Crippen LogP contribution is 2.31. The number of carbonyl (C=O) groups is 1. The number of carbonyl (C=O) groups excluding carboxylic acids is 2. The molecule has 1 heterocycles. The van der Waals surface area contributed by atoms with Crippen molar-refractivity contribution in [2.75, 3.05) is 13.1 Å². The molecule has 0 aromatic heterocycles. The van der Waals surface area contributed by atoms with Gasteiger partial charge in [-0.25, -0.2) is 14.0 Å². The van der Waals surface area contributed by atoms with Crippen LogP contribution in [-0.2, 0) is 9.53 Å². The van der Waals surface area contributed by atoms with E-state index in [1.807, 2.05) is 0 Å². The van der Waals surface area contributed by atoms with Crippen LogP contribution in [0.1, 0.15) is 27.7 Å². The number of rotatable bonds is 2. The van der Waals surface area contributed by atoms with Crippen molar-refractivity contribution in [3.05, 3.63) is 0 Å². The highest BCUT2D eigenvalue weighted by Gasteiger charge is 2.51. The minimum Gasteiger partial charge on any atom is -0.444 e. The number of ether oxygens (including phenoxy) is 1. The second-order valence-corrected chi connectivity index (χ2v) is 5.26. The molecule has 0 bridgehead atoms. The number of nitrogens with zero attached hydrogens (tertiary/aromatic N) is 2. The SMILES string of the molecule is CC(F)C1(N=C=O)CN(C(=O)OC(C)(C)C)C1. The number of aliphatic imine (C=N–C) groups is 1. The number of halogens is 1. The van der Waals surface area contributed by atoms with E-state index in [2.05, 4.69) is 4.99 Å². The fourth-order valence-electron chi connectivity index (χ4n) is 1.57. The first kappa shape index (κ1) is 13.6. The molecule has 0 radical (unpaired) electrons. The Bertz CT molecular complexity index is 350. The summed E-state index contributed by atoms with van der Waals surface area (Å²) in [5.41, 5.74) is -1.73. The summed E-state index contributed by atoms with van der Waals surface area (Å²) in [5.74, 6) is 0. The lowest BCUT2D eigenvalue weighted by Crippen LogP contribution is -2.66. The molecule has 1 fully saturated rings. The number of hydrogen-bond acceptors (Lipinski definition) is 4. The molecule has 1 amide bonds. The molecule has 0 aromatic rings. The Balaban J connectivity index is 2.60. The van der Waals surface area contributed by atoms with Crippen molar-refractivity contribution in [1.29, 1.82) is 0 Å². The van der Waals surface area contributed by atoms with Crippen LogP contribution < -0.4 is 0 Å². The van der Waals surface area contributed by atoms with Gasteiger partial charge in [-0.3, -0.25) is 0 Å². The Morgan fingerprint density at radius 3 is 2.41 bits per heavy atom. The van der Waals surface area contributed by atoms with Gasteiger partial charge in [-0.1, -0.05) is 0 Å². The first-order chi connectivity index (χ1) is 7.70.